The summed E-state index contributed by atoms with van der Waals surface area (Å²) in [6, 6.07) is 5.02. The normalized spacial score (nSPS) is 10.0. The summed E-state index contributed by atoms with van der Waals surface area (Å²) in [5.74, 6) is -0.645. The summed E-state index contributed by atoms with van der Waals surface area (Å²) in [6.45, 7) is 1.56. The molecule has 1 aromatic rings. The Hall–Kier alpha value is -2.28. The zero-order valence-corrected chi connectivity index (χ0v) is 12.1. The van der Waals surface area contributed by atoms with Crippen molar-refractivity contribution in [3.8, 4) is 0 Å². The Morgan fingerprint density at radius 3 is 2.67 bits per heavy atom. The van der Waals surface area contributed by atoms with Crippen molar-refractivity contribution < 1.29 is 14.3 Å². The van der Waals surface area contributed by atoms with Gasteiger partial charge in [-0.05, 0) is 31.2 Å². The first kappa shape index (κ1) is 16.8. The Kier molecular flexibility index (Phi) is 7.03. The number of nitrogens with one attached hydrogen (secondary N) is 2. The molecule has 0 aliphatic rings. The minimum Gasteiger partial charge on any atom is -0.469 e. The molecule has 0 heterocycles. The average Bonchev–Trinajstić information content (AvgIpc) is 2.48. The van der Waals surface area contributed by atoms with Crippen LogP contribution in [-0.2, 0) is 9.53 Å². The van der Waals surface area contributed by atoms with E-state index < -0.39 is 0 Å². The van der Waals surface area contributed by atoms with Gasteiger partial charge in [-0.3, -0.25) is 9.59 Å². The number of nitrogens with two attached hydrogens (primary N) is 2. The van der Waals surface area contributed by atoms with Gasteiger partial charge in [0, 0.05) is 18.7 Å². The number of benzene rings is 1. The predicted molar refractivity (Wildman–Crippen MR) is 82.0 cm³/mol. The number of methoxy groups -OCH3 is 1. The molecular formula is C14H22N4O3. The minimum atomic E-state index is -0.366. The second-order valence-electron chi connectivity index (χ2n) is 4.45. The van der Waals surface area contributed by atoms with Gasteiger partial charge >= 0.3 is 5.97 Å². The van der Waals surface area contributed by atoms with Crippen molar-refractivity contribution in [3.63, 3.8) is 0 Å². The predicted octanol–water partition coefficient (Wildman–Crippen LogP) is 0.322. The van der Waals surface area contributed by atoms with Gasteiger partial charge in [0.25, 0.3) is 5.91 Å². The fourth-order valence-electron chi connectivity index (χ4n) is 1.67. The van der Waals surface area contributed by atoms with Crippen LogP contribution in [0.5, 0.6) is 0 Å². The first-order chi connectivity index (χ1) is 10.1. The van der Waals surface area contributed by atoms with Gasteiger partial charge < -0.3 is 26.8 Å². The summed E-state index contributed by atoms with van der Waals surface area (Å²) in [4.78, 5) is 22.8. The standard InChI is InChI=1S/C14H22N4O3/c1-21-13(19)5-8-18-14(20)10-3-4-12(11(16)9-10)17-7-2-6-15/h3-4,9,17H,2,5-8,15-16H2,1H3,(H,18,20). The zero-order chi connectivity index (χ0) is 15.7. The van der Waals surface area contributed by atoms with Crippen LogP contribution in [0.4, 0.5) is 11.4 Å². The highest BCUT2D eigenvalue weighted by Crippen LogP contribution is 2.19. The van der Waals surface area contributed by atoms with Crippen LogP contribution in [0.1, 0.15) is 23.2 Å². The highest BCUT2D eigenvalue weighted by atomic mass is 16.5. The molecule has 7 heteroatoms. The van der Waals surface area contributed by atoms with Crippen LogP contribution in [0.15, 0.2) is 18.2 Å². The number of amides is 1. The monoisotopic (exact) mass is 294 g/mol. The molecule has 1 amide bonds. The number of hydrogen-bond donors (Lipinski definition) is 4. The molecule has 0 aliphatic carbocycles. The van der Waals surface area contributed by atoms with Crippen LogP contribution in [0.25, 0.3) is 0 Å². The third-order valence-electron chi connectivity index (χ3n) is 2.85. The molecule has 0 spiro atoms. The zero-order valence-electron chi connectivity index (χ0n) is 12.1. The Labute approximate surface area is 124 Å². The van der Waals surface area contributed by atoms with Crippen LogP contribution in [0, 0.1) is 0 Å². The van der Waals surface area contributed by atoms with Crippen molar-refractivity contribution in [3.05, 3.63) is 23.8 Å². The van der Waals surface area contributed by atoms with E-state index in [1.165, 1.54) is 7.11 Å². The fraction of sp³-hybridized carbons (Fsp3) is 0.429. The number of carbonyl (C=O) groups is 2. The van der Waals surface area contributed by atoms with E-state index in [2.05, 4.69) is 15.4 Å². The van der Waals surface area contributed by atoms with E-state index in [-0.39, 0.29) is 24.8 Å². The maximum Gasteiger partial charge on any atom is 0.307 e. The quantitative estimate of drug-likeness (QED) is 0.311. The van der Waals surface area contributed by atoms with Crippen molar-refractivity contribution in [2.24, 2.45) is 5.73 Å². The SMILES string of the molecule is COC(=O)CCNC(=O)c1ccc(NCCCN)c(N)c1. The van der Waals surface area contributed by atoms with Crippen LogP contribution in [-0.4, -0.2) is 38.6 Å². The molecule has 0 aliphatic heterocycles. The summed E-state index contributed by atoms with van der Waals surface area (Å²) in [5, 5.41) is 5.78. The smallest absolute Gasteiger partial charge is 0.307 e. The van der Waals surface area contributed by atoms with Gasteiger partial charge in [0.2, 0.25) is 0 Å². The van der Waals surface area contributed by atoms with Crippen molar-refractivity contribution in [2.75, 3.05) is 37.8 Å². The lowest BCUT2D eigenvalue weighted by Crippen LogP contribution is -2.26. The lowest BCUT2D eigenvalue weighted by Gasteiger charge is -2.10. The van der Waals surface area contributed by atoms with Gasteiger partial charge in [-0.2, -0.15) is 0 Å². The largest absolute Gasteiger partial charge is 0.469 e. The summed E-state index contributed by atoms with van der Waals surface area (Å²) in [5.41, 5.74) is 13.0. The second kappa shape index (κ2) is 8.80. The van der Waals surface area contributed by atoms with Crippen LogP contribution >= 0.6 is 0 Å². The molecule has 7 nitrogen and oxygen atoms in total. The molecule has 21 heavy (non-hydrogen) atoms. The van der Waals surface area contributed by atoms with Gasteiger partial charge in [0.05, 0.1) is 24.9 Å². The molecule has 0 bridgehead atoms. The van der Waals surface area contributed by atoms with E-state index in [9.17, 15) is 9.59 Å². The van der Waals surface area contributed by atoms with Gasteiger partial charge in [0.15, 0.2) is 0 Å². The first-order valence-electron chi connectivity index (χ1n) is 6.77. The van der Waals surface area contributed by atoms with E-state index in [1.807, 2.05) is 0 Å². The van der Waals surface area contributed by atoms with Crippen LogP contribution in [0.3, 0.4) is 0 Å². The summed E-state index contributed by atoms with van der Waals surface area (Å²) >= 11 is 0. The minimum absolute atomic E-state index is 0.135. The van der Waals surface area contributed by atoms with E-state index in [4.69, 9.17) is 11.5 Å². The highest BCUT2D eigenvalue weighted by molar-refractivity contribution is 5.96. The summed E-state index contributed by atoms with van der Waals surface area (Å²) in [6.07, 6.45) is 0.978. The number of ether oxygens (including phenoxy) is 1. The molecule has 0 atom stereocenters. The van der Waals surface area contributed by atoms with E-state index in [1.54, 1.807) is 18.2 Å². The molecule has 0 radical (unpaired) electrons. The van der Waals surface area contributed by atoms with Gasteiger partial charge in [-0.15, -0.1) is 0 Å². The third-order valence-corrected chi connectivity index (χ3v) is 2.85. The Morgan fingerprint density at radius 2 is 2.05 bits per heavy atom. The average molecular weight is 294 g/mol. The van der Waals surface area contributed by atoms with Gasteiger partial charge in [0.1, 0.15) is 0 Å². The van der Waals surface area contributed by atoms with Crippen molar-refractivity contribution in [1.29, 1.82) is 0 Å². The lowest BCUT2D eigenvalue weighted by molar-refractivity contribution is -0.140. The number of rotatable bonds is 8. The van der Waals surface area contributed by atoms with Gasteiger partial charge in [-0.25, -0.2) is 0 Å². The molecule has 1 aromatic carbocycles. The first-order valence-corrected chi connectivity index (χ1v) is 6.77. The summed E-state index contributed by atoms with van der Waals surface area (Å²) < 4.78 is 4.49. The van der Waals surface area contributed by atoms with Crippen LogP contribution in [0.2, 0.25) is 0 Å². The molecule has 0 aromatic heterocycles. The second-order valence-corrected chi connectivity index (χ2v) is 4.45. The summed E-state index contributed by atoms with van der Waals surface area (Å²) in [7, 11) is 1.31. The molecular weight excluding hydrogens is 272 g/mol. The molecule has 0 fully saturated rings. The molecule has 6 N–H and O–H groups in total. The topological polar surface area (TPSA) is 119 Å². The Morgan fingerprint density at radius 1 is 1.29 bits per heavy atom. The maximum atomic E-state index is 11.9. The fourth-order valence-corrected chi connectivity index (χ4v) is 1.67. The van der Waals surface area contributed by atoms with Crippen molar-refractivity contribution in [2.45, 2.75) is 12.8 Å². The Balaban J connectivity index is 2.53. The van der Waals surface area contributed by atoms with Crippen molar-refractivity contribution in [1.82, 2.24) is 5.32 Å². The number of anilines is 2. The highest BCUT2D eigenvalue weighted by Gasteiger charge is 2.09. The van der Waals surface area contributed by atoms with E-state index in [0.717, 1.165) is 18.7 Å². The molecule has 0 saturated carbocycles. The van der Waals surface area contributed by atoms with Gasteiger partial charge in [-0.1, -0.05) is 0 Å². The van der Waals surface area contributed by atoms with E-state index >= 15 is 0 Å². The molecule has 1 rings (SSSR count). The Bertz CT molecular complexity index is 491. The van der Waals surface area contributed by atoms with Crippen LogP contribution < -0.4 is 22.1 Å². The third kappa shape index (κ3) is 5.70. The number of esters is 1. The van der Waals surface area contributed by atoms with Crippen molar-refractivity contribution >= 4 is 23.3 Å². The number of carbonyl (C=O) groups excluding carboxylic acids is 2. The number of hydrogen-bond acceptors (Lipinski definition) is 6. The number of nitrogen functional groups attached to an aromatic ring is 1. The molecule has 0 unspecified atom stereocenters. The van der Waals surface area contributed by atoms with E-state index in [0.29, 0.717) is 17.8 Å². The lowest BCUT2D eigenvalue weighted by atomic mass is 10.1. The maximum absolute atomic E-state index is 11.9. The molecule has 0 saturated heterocycles. The molecule has 116 valence electrons.